The predicted octanol–water partition coefficient (Wildman–Crippen LogP) is 3.08. The van der Waals surface area contributed by atoms with Crippen LogP contribution in [-0.2, 0) is 4.79 Å². The Balaban J connectivity index is 1.56. The average Bonchev–Trinajstić information content (AvgIpc) is 3.03. The van der Waals surface area contributed by atoms with Gasteiger partial charge in [0.15, 0.2) is 0 Å². The third kappa shape index (κ3) is 4.30. The first kappa shape index (κ1) is 18.1. The van der Waals surface area contributed by atoms with Crippen molar-refractivity contribution in [3.8, 4) is 0 Å². The van der Waals surface area contributed by atoms with Crippen molar-refractivity contribution in [3.63, 3.8) is 0 Å². The van der Waals surface area contributed by atoms with Gasteiger partial charge in [0.25, 0.3) is 0 Å². The monoisotopic (exact) mass is 385 g/mol. The summed E-state index contributed by atoms with van der Waals surface area (Å²) in [5.74, 6) is -1.30. The average molecular weight is 386 g/mol. The molecule has 2 atom stereocenters. The van der Waals surface area contributed by atoms with E-state index in [9.17, 15) is 9.59 Å². The van der Waals surface area contributed by atoms with Gasteiger partial charge in [0.1, 0.15) is 0 Å². The number of benzene rings is 1. The largest absolute Gasteiger partial charge is 0.481 e. The summed E-state index contributed by atoms with van der Waals surface area (Å²) in [7, 11) is 0. The predicted molar refractivity (Wildman–Crippen MR) is 97.5 cm³/mol. The summed E-state index contributed by atoms with van der Waals surface area (Å²) in [4.78, 5) is 27.3. The SMILES string of the molecule is O=C(O)C1CCCN(C(=O)NC2CCN(c3ccc(Cl)cc3Cl)C2)C1. The van der Waals surface area contributed by atoms with E-state index in [0.717, 1.165) is 25.1 Å². The number of rotatable bonds is 3. The van der Waals surface area contributed by atoms with E-state index < -0.39 is 11.9 Å². The van der Waals surface area contributed by atoms with Gasteiger partial charge in [0.2, 0.25) is 0 Å². The number of carboxylic acids is 1. The summed E-state index contributed by atoms with van der Waals surface area (Å²) in [6, 6.07) is 5.24. The van der Waals surface area contributed by atoms with Gasteiger partial charge in [-0.3, -0.25) is 4.79 Å². The van der Waals surface area contributed by atoms with Crippen molar-refractivity contribution in [2.24, 2.45) is 5.92 Å². The fourth-order valence-corrected chi connectivity index (χ4v) is 3.99. The third-order valence-corrected chi connectivity index (χ3v) is 5.36. The second-order valence-corrected chi connectivity index (χ2v) is 7.44. The zero-order valence-corrected chi connectivity index (χ0v) is 15.3. The van der Waals surface area contributed by atoms with Gasteiger partial charge in [-0.1, -0.05) is 23.2 Å². The maximum Gasteiger partial charge on any atom is 0.317 e. The number of hydrogen-bond donors (Lipinski definition) is 2. The molecule has 2 saturated heterocycles. The maximum absolute atomic E-state index is 12.4. The Hall–Kier alpha value is -1.66. The normalized spacial score (nSPS) is 23.6. The van der Waals surface area contributed by atoms with Gasteiger partial charge in [-0.15, -0.1) is 0 Å². The van der Waals surface area contributed by atoms with Gasteiger partial charge in [-0.05, 0) is 37.5 Å². The molecule has 136 valence electrons. The number of aliphatic carboxylic acids is 1. The van der Waals surface area contributed by atoms with Crippen molar-refractivity contribution in [1.29, 1.82) is 0 Å². The van der Waals surface area contributed by atoms with E-state index in [1.54, 1.807) is 17.0 Å². The van der Waals surface area contributed by atoms with Crippen LogP contribution in [0.3, 0.4) is 0 Å². The van der Waals surface area contributed by atoms with Crippen molar-refractivity contribution >= 4 is 40.9 Å². The number of urea groups is 1. The number of halogens is 2. The molecular formula is C17H21Cl2N3O3. The van der Waals surface area contributed by atoms with Crippen LogP contribution in [0, 0.1) is 5.92 Å². The van der Waals surface area contributed by atoms with Crippen molar-refractivity contribution in [1.82, 2.24) is 10.2 Å². The third-order valence-electron chi connectivity index (χ3n) is 4.82. The molecule has 1 aromatic carbocycles. The Bertz CT molecular complexity index is 671. The molecule has 0 bridgehead atoms. The summed E-state index contributed by atoms with van der Waals surface area (Å²) in [5.41, 5.74) is 0.909. The van der Waals surface area contributed by atoms with Crippen molar-refractivity contribution in [2.75, 3.05) is 31.1 Å². The summed E-state index contributed by atoms with van der Waals surface area (Å²) in [6.45, 7) is 2.35. The van der Waals surface area contributed by atoms with E-state index in [1.807, 2.05) is 6.07 Å². The fourth-order valence-electron chi connectivity index (χ4n) is 3.46. The van der Waals surface area contributed by atoms with Crippen LogP contribution in [0.5, 0.6) is 0 Å². The smallest absolute Gasteiger partial charge is 0.317 e. The topological polar surface area (TPSA) is 72.9 Å². The Morgan fingerprint density at radius 2 is 1.96 bits per heavy atom. The molecule has 2 unspecified atom stereocenters. The molecule has 0 aliphatic carbocycles. The molecule has 1 aromatic rings. The molecule has 2 aliphatic rings. The molecule has 0 aromatic heterocycles. The van der Waals surface area contributed by atoms with Crippen LogP contribution in [0.2, 0.25) is 10.0 Å². The number of carboxylic acid groups (broad SMARTS) is 1. The molecule has 0 saturated carbocycles. The van der Waals surface area contributed by atoms with Gasteiger partial charge >= 0.3 is 12.0 Å². The molecule has 8 heteroatoms. The summed E-state index contributed by atoms with van der Waals surface area (Å²) >= 11 is 12.2. The minimum atomic E-state index is -0.832. The van der Waals surface area contributed by atoms with Crippen molar-refractivity contribution in [3.05, 3.63) is 28.2 Å². The van der Waals surface area contributed by atoms with Crippen molar-refractivity contribution < 1.29 is 14.7 Å². The fraction of sp³-hybridized carbons (Fsp3) is 0.529. The van der Waals surface area contributed by atoms with Gasteiger partial charge < -0.3 is 20.2 Å². The van der Waals surface area contributed by atoms with E-state index in [0.29, 0.717) is 29.6 Å². The first-order chi connectivity index (χ1) is 11.9. The molecule has 2 aliphatic heterocycles. The Labute approximate surface area is 156 Å². The van der Waals surface area contributed by atoms with Gasteiger partial charge in [0, 0.05) is 37.2 Å². The number of nitrogens with one attached hydrogen (secondary N) is 1. The summed E-state index contributed by atoms with van der Waals surface area (Å²) < 4.78 is 0. The first-order valence-electron chi connectivity index (χ1n) is 8.42. The van der Waals surface area contributed by atoms with E-state index >= 15 is 0 Å². The summed E-state index contributed by atoms with van der Waals surface area (Å²) in [6.07, 6.45) is 2.17. The van der Waals surface area contributed by atoms with Crippen molar-refractivity contribution in [2.45, 2.75) is 25.3 Å². The molecule has 3 rings (SSSR count). The Morgan fingerprint density at radius 1 is 1.16 bits per heavy atom. The van der Waals surface area contributed by atoms with Crippen LogP contribution in [0.1, 0.15) is 19.3 Å². The highest BCUT2D eigenvalue weighted by Crippen LogP contribution is 2.31. The lowest BCUT2D eigenvalue weighted by atomic mass is 9.99. The van der Waals surface area contributed by atoms with E-state index in [1.165, 1.54) is 0 Å². The molecule has 2 heterocycles. The van der Waals surface area contributed by atoms with E-state index in [-0.39, 0.29) is 18.6 Å². The van der Waals surface area contributed by atoms with Crippen LogP contribution in [0.15, 0.2) is 18.2 Å². The molecule has 6 nitrogen and oxygen atoms in total. The second kappa shape index (κ2) is 7.70. The van der Waals surface area contributed by atoms with Gasteiger partial charge in [0.05, 0.1) is 16.6 Å². The molecule has 2 amide bonds. The van der Waals surface area contributed by atoms with Crippen LogP contribution < -0.4 is 10.2 Å². The Kier molecular flexibility index (Phi) is 5.59. The van der Waals surface area contributed by atoms with Crippen LogP contribution >= 0.6 is 23.2 Å². The minimum Gasteiger partial charge on any atom is -0.481 e. The highest BCUT2D eigenvalue weighted by atomic mass is 35.5. The zero-order chi connectivity index (χ0) is 18.0. The number of hydrogen-bond acceptors (Lipinski definition) is 3. The molecular weight excluding hydrogens is 365 g/mol. The van der Waals surface area contributed by atoms with E-state index in [4.69, 9.17) is 28.3 Å². The number of carbonyl (C=O) groups is 2. The summed E-state index contributed by atoms with van der Waals surface area (Å²) in [5, 5.41) is 13.4. The number of likely N-dealkylation sites (tertiary alicyclic amines) is 1. The number of carbonyl (C=O) groups excluding carboxylic acids is 1. The minimum absolute atomic E-state index is 0.0180. The highest BCUT2D eigenvalue weighted by Gasteiger charge is 2.31. The number of nitrogens with zero attached hydrogens (tertiary/aromatic N) is 2. The lowest BCUT2D eigenvalue weighted by Crippen LogP contribution is -2.50. The number of piperidine rings is 1. The quantitative estimate of drug-likeness (QED) is 0.838. The highest BCUT2D eigenvalue weighted by molar-refractivity contribution is 6.36. The van der Waals surface area contributed by atoms with Gasteiger partial charge in [-0.25, -0.2) is 4.79 Å². The molecule has 2 N–H and O–H groups in total. The molecule has 2 fully saturated rings. The molecule has 25 heavy (non-hydrogen) atoms. The van der Waals surface area contributed by atoms with Gasteiger partial charge in [-0.2, -0.15) is 0 Å². The number of anilines is 1. The lowest BCUT2D eigenvalue weighted by Gasteiger charge is -2.31. The lowest BCUT2D eigenvalue weighted by molar-refractivity contribution is -0.143. The maximum atomic E-state index is 12.4. The second-order valence-electron chi connectivity index (χ2n) is 6.60. The molecule has 0 spiro atoms. The first-order valence-corrected chi connectivity index (χ1v) is 9.18. The number of amides is 2. The van der Waals surface area contributed by atoms with Crippen LogP contribution in [-0.4, -0.2) is 54.2 Å². The van der Waals surface area contributed by atoms with Crippen LogP contribution in [0.25, 0.3) is 0 Å². The molecule has 0 radical (unpaired) electrons. The van der Waals surface area contributed by atoms with Crippen LogP contribution in [0.4, 0.5) is 10.5 Å². The standard InChI is InChI=1S/C17H21Cl2N3O3/c18-12-3-4-15(14(19)8-12)21-7-5-13(10-21)20-17(25)22-6-1-2-11(9-22)16(23)24/h3-4,8,11,13H,1-2,5-7,9-10H2,(H,20,25)(H,23,24). The zero-order valence-electron chi connectivity index (χ0n) is 13.8. The van der Waals surface area contributed by atoms with E-state index in [2.05, 4.69) is 10.2 Å². The Morgan fingerprint density at radius 3 is 2.68 bits per heavy atom.